The lowest BCUT2D eigenvalue weighted by Crippen LogP contribution is -2.12. The molecule has 0 fully saturated rings. The van der Waals surface area contributed by atoms with Crippen molar-refractivity contribution >= 4 is 5.97 Å². The standard InChI is InChI=1S/C11H14O3/c1-3-10(12)5-4-9-7-14-11(13)6-8(9)2/h4-6,12H,3,7H2,1-2H3/b9-4+,10-5+. The van der Waals surface area contributed by atoms with Gasteiger partial charge in [-0.05, 0) is 24.1 Å². The van der Waals surface area contributed by atoms with Crippen LogP contribution in [-0.4, -0.2) is 17.7 Å². The number of carbonyl (C=O) groups excluding carboxylic acids is 1. The van der Waals surface area contributed by atoms with Gasteiger partial charge in [0, 0.05) is 12.5 Å². The van der Waals surface area contributed by atoms with Crippen LogP contribution in [0.1, 0.15) is 20.3 Å². The minimum Gasteiger partial charge on any atom is -0.512 e. The Morgan fingerprint density at radius 1 is 1.71 bits per heavy atom. The zero-order chi connectivity index (χ0) is 10.6. The average Bonchev–Trinajstić information content (AvgIpc) is 2.16. The van der Waals surface area contributed by atoms with E-state index in [1.807, 2.05) is 13.8 Å². The normalized spacial score (nSPS) is 20.7. The molecule has 0 radical (unpaired) electrons. The number of hydrogen-bond acceptors (Lipinski definition) is 3. The van der Waals surface area contributed by atoms with Crippen molar-refractivity contribution in [3.63, 3.8) is 0 Å². The molecular formula is C11H14O3. The maximum absolute atomic E-state index is 10.8. The molecule has 3 nitrogen and oxygen atoms in total. The van der Waals surface area contributed by atoms with Crippen molar-refractivity contribution in [3.05, 3.63) is 35.1 Å². The van der Waals surface area contributed by atoms with Crippen molar-refractivity contribution in [3.8, 4) is 0 Å². The van der Waals surface area contributed by atoms with Crippen LogP contribution in [-0.2, 0) is 9.53 Å². The van der Waals surface area contributed by atoms with E-state index in [2.05, 4.69) is 0 Å². The highest BCUT2D eigenvalue weighted by Crippen LogP contribution is 2.15. The molecule has 0 aromatic heterocycles. The number of esters is 1. The van der Waals surface area contributed by atoms with Gasteiger partial charge in [0.25, 0.3) is 0 Å². The third-order valence-electron chi connectivity index (χ3n) is 2.05. The predicted molar refractivity (Wildman–Crippen MR) is 53.8 cm³/mol. The smallest absolute Gasteiger partial charge is 0.331 e. The lowest BCUT2D eigenvalue weighted by atomic mass is 10.1. The molecule has 1 N–H and O–H groups in total. The van der Waals surface area contributed by atoms with E-state index in [0.717, 1.165) is 11.1 Å². The van der Waals surface area contributed by atoms with Crippen molar-refractivity contribution < 1.29 is 14.6 Å². The second kappa shape index (κ2) is 4.65. The largest absolute Gasteiger partial charge is 0.512 e. The van der Waals surface area contributed by atoms with Crippen LogP contribution in [0, 0.1) is 0 Å². The Balaban J connectivity index is 2.79. The lowest BCUT2D eigenvalue weighted by Gasteiger charge is -2.12. The average molecular weight is 194 g/mol. The fourth-order valence-corrected chi connectivity index (χ4v) is 1.07. The van der Waals surface area contributed by atoms with Crippen LogP contribution in [0.3, 0.4) is 0 Å². The molecule has 0 unspecified atom stereocenters. The van der Waals surface area contributed by atoms with Crippen molar-refractivity contribution in [2.24, 2.45) is 0 Å². The molecule has 0 atom stereocenters. The molecule has 0 aromatic carbocycles. The molecule has 14 heavy (non-hydrogen) atoms. The van der Waals surface area contributed by atoms with Crippen LogP contribution < -0.4 is 0 Å². The summed E-state index contributed by atoms with van der Waals surface area (Å²) in [6.45, 7) is 4.01. The van der Waals surface area contributed by atoms with E-state index in [1.165, 1.54) is 6.08 Å². The molecule has 1 rings (SSSR count). The fraction of sp³-hybridized carbons (Fsp3) is 0.364. The molecule has 0 amide bonds. The zero-order valence-corrected chi connectivity index (χ0v) is 8.41. The molecular weight excluding hydrogens is 180 g/mol. The van der Waals surface area contributed by atoms with E-state index in [4.69, 9.17) is 4.74 Å². The number of rotatable bonds is 2. The number of hydrogen-bond donors (Lipinski definition) is 1. The summed E-state index contributed by atoms with van der Waals surface area (Å²) in [5.41, 5.74) is 1.81. The predicted octanol–water partition coefficient (Wildman–Crippen LogP) is 2.27. The molecule has 3 heteroatoms. The first-order valence-electron chi connectivity index (χ1n) is 4.57. The molecule has 1 aliphatic heterocycles. The molecule has 0 saturated carbocycles. The first-order valence-corrected chi connectivity index (χ1v) is 4.57. The van der Waals surface area contributed by atoms with Gasteiger partial charge in [-0.2, -0.15) is 0 Å². The van der Waals surface area contributed by atoms with Crippen LogP contribution in [0.4, 0.5) is 0 Å². The Labute approximate surface area is 83.4 Å². The van der Waals surface area contributed by atoms with E-state index in [1.54, 1.807) is 12.2 Å². The highest BCUT2D eigenvalue weighted by molar-refractivity contribution is 5.85. The number of ether oxygens (including phenoxy) is 1. The van der Waals surface area contributed by atoms with Gasteiger partial charge >= 0.3 is 5.97 Å². The summed E-state index contributed by atoms with van der Waals surface area (Å²) in [7, 11) is 0. The first kappa shape index (κ1) is 10.6. The molecule has 0 aromatic rings. The van der Waals surface area contributed by atoms with Crippen LogP contribution in [0.2, 0.25) is 0 Å². The van der Waals surface area contributed by atoms with Gasteiger partial charge in [-0.15, -0.1) is 0 Å². The Bertz CT molecular complexity index is 321. The summed E-state index contributed by atoms with van der Waals surface area (Å²) in [5, 5.41) is 9.22. The van der Waals surface area contributed by atoms with Gasteiger partial charge < -0.3 is 9.84 Å². The molecule has 1 aliphatic rings. The number of cyclic esters (lactones) is 1. The number of allylic oxidation sites excluding steroid dienone is 3. The number of carbonyl (C=O) groups is 1. The van der Waals surface area contributed by atoms with E-state index in [9.17, 15) is 9.90 Å². The summed E-state index contributed by atoms with van der Waals surface area (Å²) in [4.78, 5) is 10.8. The Morgan fingerprint density at radius 2 is 2.43 bits per heavy atom. The molecule has 1 heterocycles. The first-order chi connectivity index (χ1) is 6.63. The fourth-order valence-electron chi connectivity index (χ4n) is 1.07. The highest BCUT2D eigenvalue weighted by atomic mass is 16.5. The molecule has 0 saturated heterocycles. The van der Waals surface area contributed by atoms with Gasteiger partial charge in [0.05, 0.1) is 5.76 Å². The van der Waals surface area contributed by atoms with E-state index in [-0.39, 0.29) is 12.6 Å². The third-order valence-corrected chi connectivity index (χ3v) is 2.05. The van der Waals surface area contributed by atoms with Gasteiger partial charge in [0.1, 0.15) is 6.61 Å². The summed E-state index contributed by atoms with van der Waals surface area (Å²) in [6.07, 6.45) is 5.46. The number of aliphatic hydroxyl groups excluding tert-OH is 1. The van der Waals surface area contributed by atoms with Crippen LogP contribution in [0.25, 0.3) is 0 Å². The number of aliphatic hydroxyl groups is 1. The Morgan fingerprint density at radius 3 is 3.00 bits per heavy atom. The van der Waals surface area contributed by atoms with Crippen molar-refractivity contribution in [2.75, 3.05) is 6.61 Å². The molecule has 76 valence electrons. The third kappa shape index (κ3) is 2.76. The van der Waals surface area contributed by atoms with Crippen LogP contribution in [0.15, 0.2) is 35.1 Å². The molecule has 0 bridgehead atoms. The Kier molecular flexibility index (Phi) is 3.51. The van der Waals surface area contributed by atoms with Gasteiger partial charge in [0.15, 0.2) is 0 Å². The minimum atomic E-state index is -0.302. The lowest BCUT2D eigenvalue weighted by molar-refractivity contribution is -0.137. The minimum absolute atomic E-state index is 0.286. The van der Waals surface area contributed by atoms with Gasteiger partial charge in [-0.1, -0.05) is 13.0 Å². The summed E-state index contributed by atoms with van der Waals surface area (Å²) < 4.78 is 4.83. The summed E-state index contributed by atoms with van der Waals surface area (Å²) >= 11 is 0. The van der Waals surface area contributed by atoms with Crippen LogP contribution >= 0.6 is 0 Å². The highest BCUT2D eigenvalue weighted by Gasteiger charge is 2.11. The maximum Gasteiger partial charge on any atom is 0.331 e. The second-order valence-electron chi connectivity index (χ2n) is 3.14. The zero-order valence-electron chi connectivity index (χ0n) is 8.41. The van der Waals surface area contributed by atoms with E-state index < -0.39 is 0 Å². The SMILES string of the molecule is CC/C(O)=C\C=C1/COC(=O)C=C1C. The topological polar surface area (TPSA) is 46.5 Å². The summed E-state index contributed by atoms with van der Waals surface area (Å²) in [6, 6.07) is 0. The van der Waals surface area contributed by atoms with Gasteiger partial charge in [-0.25, -0.2) is 4.79 Å². The van der Waals surface area contributed by atoms with Gasteiger partial charge in [0.2, 0.25) is 0 Å². The Hall–Kier alpha value is -1.51. The van der Waals surface area contributed by atoms with E-state index >= 15 is 0 Å². The van der Waals surface area contributed by atoms with Gasteiger partial charge in [-0.3, -0.25) is 0 Å². The van der Waals surface area contributed by atoms with Crippen molar-refractivity contribution in [1.29, 1.82) is 0 Å². The van der Waals surface area contributed by atoms with Crippen LogP contribution in [0.5, 0.6) is 0 Å². The quantitative estimate of drug-likeness (QED) is 0.541. The molecule has 0 aliphatic carbocycles. The summed E-state index contributed by atoms with van der Waals surface area (Å²) in [5.74, 6) is 0.0190. The molecule has 0 spiro atoms. The monoisotopic (exact) mass is 194 g/mol. The van der Waals surface area contributed by atoms with Crippen molar-refractivity contribution in [1.82, 2.24) is 0 Å². The van der Waals surface area contributed by atoms with E-state index in [0.29, 0.717) is 12.2 Å². The van der Waals surface area contributed by atoms with Crippen molar-refractivity contribution in [2.45, 2.75) is 20.3 Å². The maximum atomic E-state index is 10.8. The second-order valence-corrected chi connectivity index (χ2v) is 3.14.